The number of nitrogens with zero attached hydrogens (tertiary/aromatic N) is 1. The van der Waals surface area contributed by atoms with E-state index >= 15 is 0 Å². The monoisotopic (exact) mass is 262 g/mol. The maximum absolute atomic E-state index is 5.95. The van der Waals surface area contributed by atoms with Gasteiger partial charge in [-0.2, -0.15) is 0 Å². The highest BCUT2D eigenvalue weighted by Crippen LogP contribution is 2.28. The van der Waals surface area contributed by atoms with Crippen LogP contribution in [-0.2, 0) is 6.42 Å². The quantitative estimate of drug-likeness (QED) is 0.781. The van der Waals surface area contributed by atoms with Gasteiger partial charge >= 0.3 is 0 Å². The van der Waals surface area contributed by atoms with E-state index in [1.807, 2.05) is 6.20 Å². The third-order valence-corrected chi connectivity index (χ3v) is 2.73. The normalized spacial score (nSPS) is 20.3. The molecule has 1 aromatic heterocycles. The Morgan fingerprint density at radius 2 is 2.31 bits per heavy atom. The fraction of sp³-hybridized carbons (Fsp3) is 0.444. The zero-order valence-electron chi connectivity index (χ0n) is 7.16. The number of halogens is 2. The Labute approximate surface area is 92.5 Å². The second-order valence-corrected chi connectivity index (χ2v) is 4.10. The molecule has 0 aliphatic heterocycles. The molecule has 4 heteroatoms. The predicted molar refractivity (Wildman–Crippen MR) is 59.1 cm³/mol. The summed E-state index contributed by atoms with van der Waals surface area (Å²) in [5.74, 6) is 0. The molecule has 0 aromatic carbocycles. The lowest BCUT2D eigenvalue weighted by Crippen LogP contribution is -2.18. The highest BCUT2D eigenvalue weighted by molar-refractivity contribution is 9.10. The van der Waals surface area contributed by atoms with E-state index in [0.717, 1.165) is 17.3 Å². The molecule has 2 nitrogen and oxygen atoms in total. The first-order chi connectivity index (χ1) is 5.77. The van der Waals surface area contributed by atoms with Crippen LogP contribution in [0, 0.1) is 0 Å². The summed E-state index contributed by atoms with van der Waals surface area (Å²) < 4.78 is 1.03. The van der Waals surface area contributed by atoms with E-state index < -0.39 is 0 Å². The predicted octanol–water partition coefficient (Wildman–Crippen LogP) is 2.60. The van der Waals surface area contributed by atoms with Crippen molar-refractivity contribution < 1.29 is 0 Å². The minimum absolute atomic E-state index is 0. The first kappa shape index (κ1) is 11.0. The molecule has 13 heavy (non-hydrogen) atoms. The molecule has 72 valence electrons. The maximum Gasteiger partial charge on any atom is 0.0452 e. The summed E-state index contributed by atoms with van der Waals surface area (Å²) in [6.45, 7) is 0. The van der Waals surface area contributed by atoms with E-state index in [9.17, 15) is 0 Å². The lowest BCUT2D eigenvalue weighted by molar-refractivity contribution is 0.559. The number of aromatic nitrogens is 1. The molecule has 0 bridgehead atoms. The molecule has 1 unspecified atom stereocenters. The summed E-state index contributed by atoms with van der Waals surface area (Å²) in [6, 6.07) is 2.28. The molecular weight excluding hydrogens is 251 g/mol. The Kier molecular flexibility index (Phi) is 3.71. The number of fused-ring (bicyclic) bond motifs is 1. The van der Waals surface area contributed by atoms with E-state index in [4.69, 9.17) is 5.73 Å². The lowest BCUT2D eigenvalue weighted by atomic mass is 9.92. The Morgan fingerprint density at radius 1 is 1.54 bits per heavy atom. The molecule has 2 rings (SSSR count). The minimum atomic E-state index is 0. The Bertz CT molecular complexity index is 304. The van der Waals surface area contributed by atoms with Crippen molar-refractivity contribution in [1.29, 1.82) is 0 Å². The van der Waals surface area contributed by atoms with Gasteiger partial charge in [0.05, 0.1) is 0 Å². The van der Waals surface area contributed by atoms with E-state index in [-0.39, 0.29) is 18.4 Å². The van der Waals surface area contributed by atoms with Crippen molar-refractivity contribution in [1.82, 2.24) is 4.98 Å². The van der Waals surface area contributed by atoms with Gasteiger partial charge in [0.15, 0.2) is 0 Å². The summed E-state index contributed by atoms with van der Waals surface area (Å²) in [5, 5.41) is 0. The SMILES string of the molecule is Cl.NC1CCCc2ncc(Br)cc21. The van der Waals surface area contributed by atoms with Crippen molar-refractivity contribution in [3.63, 3.8) is 0 Å². The van der Waals surface area contributed by atoms with Gasteiger partial charge < -0.3 is 5.73 Å². The van der Waals surface area contributed by atoms with E-state index in [1.165, 1.54) is 17.7 Å². The molecule has 1 aliphatic carbocycles. The first-order valence-electron chi connectivity index (χ1n) is 4.17. The van der Waals surface area contributed by atoms with Crippen molar-refractivity contribution >= 4 is 28.3 Å². The largest absolute Gasteiger partial charge is 0.324 e. The van der Waals surface area contributed by atoms with Crippen LogP contribution in [0.3, 0.4) is 0 Å². The molecule has 1 atom stereocenters. The minimum Gasteiger partial charge on any atom is -0.324 e. The van der Waals surface area contributed by atoms with Gasteiger partial charge in [-0.05, 0) is 46.8 Å². The second kappa shape index (κ2) is 4.40. The fourth-order valence-electron chi connectivity index (χ4n) is 1.66. The third kappa shape index (κ3) is 2.22. The Hall–Kier alpha value is -0.120. The highest BCUT2D eigenvalue weighted by Gasteiger charge is 2.17. The van der Waals surface area contributed by atoms with E-state index in [0.29, 0.717) is 0 Å². The molecule has 0 amide bonds. The molecule has 1 heterocycles. The molecule has 0 saturated carbocycles. The van der Waals surface area contributed by atoms with Gasteiger partial charge in [0, 0.05) is 22.4 Å². The summed E-state index contributed by atoms with van der Waals surface area (Å²) in [7, 11) is 0. The number of nitrogens with two attached hydrogens (primary N) is 1. The molecule has 0 spiro atoms. The molecule has 0 saturated heterocycles. The van der Waals surface area contributed by atoms with Crippen molar-refractivity contribution in [2.75, 3.05) is 0 Å². The third-order valence-electron chi connectivity index (χ3n) is 2.30. The van der Waals surface area contributed by atoms with E-state index in [2.05, 4.69) is 27.0 Å². The van der Waals surface area contributed by atoms with Crippen molar-refractivity contribution in [3.8, 4) is 0 Å². The van der Waals surface area contributed by atoms with Crippen molar-refractivity contribution in [2.45, 2.75) is 25.3 Å². The van der Waals surface area contributed by atoms with Gasteiger partial charge in [-0.25, -0.2) is 0 Å². The number of rotatable bonds is 0. The zero-order chi connectivity index (χ0) is 8.55. The summed E-state index contributed by atoms with van der Waals surface area (Å²) >= 11 is 3.40. The van der Waals surface area contributed by atoms with E-state index in [1.54, 1.807) is 0 Å². The highest BCUT2D eigenvalue weighted by atomic mass is 79.9. The maximum atomic E-state index is 5.95. The number of hydrogen-bond acceptors (Lipinski definition) is 2. The Morgan fingerprint density at radius 3 is 3.08 bits per heavy atom. The smallest absolute Gasteiger partial charge is 0.0452 e. The van der Waals surface area contributed by atoms with Crippen LogP contribution in [0.4, 0.5) is 0 Å². The Balaban J connectivity index is 0.000000845. The zero-order valence-corrected chi connectivity index (χ0v) is 9.57. The van der Waals surface area contributed by atoms with Gasteiger partial charge in [0.2, 0.25) is 0 Å². The van der Waals surface area contributed by atoms with Gasteiger partial charge in [-0.1, -0.05) is 0 Å². The van der Waals surface area contributed by atoms with Crippen LogP contribution in [-0.4, -0.2) is 4.98 Å². The molecule has 1 aliphatic rings. The van der Waals surface area contributed by atoms with Crippen LogP contribution in [0.2, 0.25) is 0 Å². The van der Waals surface area contributed by atoms with Crippen LogP contribution in [0.15, 0.2) is 16.7 Å². The van der Waals surface area contributed by atoms with Gasteiger partial charge in [-0.3, -0.25) is 4.98 Å². The number of hydrogen-bond donors (Lipinski definition) is 1. The van der Waals surface area contributed by atoms with Crippen molar-refractivity contribution in [3.05, 3.63) is 28.0 Å². The summed E-state index contributed by atoms with van der Waals surface area (Å²) in [4.78, 5) is 4.34. The lowest BCUT2D eigenvalue weighted by Gasteiger charge is -2.20. The number of pyridine rings is 1. The molecule has 0 radical (unpaired) electrons. The average Bonchev–Trinajstić information content (AvgIpc) is 2.07. The number of aryl methyl sites for hydroxylation is 1. The molecule has 0 fully saturated rings. The average molecular weight is 264 g/mol. The van der Waals surface area contributed by atoms with Crippen LogP contribution in [0.5, 0.6) is 0 Å². The molecule has 1 aromatic rings. The molecular formula is C9H12BrClN2. The van der Waals surface area contributed by atoms with Crippen molar-refractivity contribution in [2.24, 2.45) is 5.73 Å². The van der Waals surface area contributed by atoms with Gasteiger partial charge in [0.25, 0.3) is 0 Å². The topological polar surface area (TPSA) is 38.9 Å². The van der Waals surface area contributed by atoms with Crippen LogP contribution < -0.4 is 5.73 Å². The van der Waals surface area contributed by atoms with Crippen LogP contribution in [0.1, 0.15) is 30.1 Å². The molecule has 2 N–H and O–H groups in total. The standard InChI is InChI=1S/C9H11BrN2.ClH/c10-6-4-7-8(11)2-1-3-9(7)12-5-6;/h4-5,8H,1-3,11H2;1H. The summed E-state index contributed by atoms with van der Waals surface area (Å²) in [5.41, 5.74) is 8.35. The fourth-order valence-corrected chi connectivity index (χ4v) is 2.01. The van der Waals surface area contributed by atoms with Gasteiger partial charge in [-0.15, -0.1) is 12.4 Å². The van der Waals surface area contributed by atoms with Crippen LogP contribution in [0.25, 0.3) is 0 Å². The second-order valence-electron chi connectivity index (χ2n) is 3.19. The summed E-state index contributed by atoms with van der Waals surface area (Å²) in [6.07, 6.45) is 5.18. The first-order valence-corrected chi connectivity index (χ1v) is 4.96. The van der Waals surface area contributed by atoms with Crippen LogP contribution >= 0.6 is 28.3 Å². The van der Waals surface area contributed by atoms with Gasteiger partial charge in [0.1, 0.15) is 0 Å².